The van der Waals surface area contributed by atoms with Crippen LogP contribution in [0.3, 0.4) is 0 Å². The number of nitrogens with zero attached hydrogens (tertiary/aromatic N) is 2. The fraction of sp³-hybridized carbons (Fsp3) is 0.353. The Balaban J connectivity index is 1.59. The number of nitrogens with one attached hydrogen (secondary N) is 3. The second-order valence-corrected chi connectivity index (χ2v) is 6.23. The maximum absolute atomic E-state index is 12.3. The standard InChI is InChI=1S/C17H19N5O2/c23-16(18-10-12-7-8-19-21-12)11-5-6-15-14(9-11)20-17(24)22(15)13-3-1-2-4-13/h5-9,13H,1-4,10H2,(H,18,23)(H,19,21)(H,20,24). The van der Waals surface area contributed by atoms with E-state index in [1.807, 2.05) is 16.7 Å². The van der Waals surface area contributed by atoms with Crippen LogP contribution in [0.15, 0.2) is 35.3 Å². The summed E-state index contributed by atoms with van der Waals surface area (Å²) in [5.41, 5.74) is 2.86. The highest BCUT2D eigenvalue weighted by Crippen LogP contribution is 2.30. The van der Waals surface area contributed by atoms with Gasteiger partial charge in [0.15, 0.2) is 0 Å². The van der Waals surface area contributed by atoms with Crippen LogP contribution in [-0.4, -0.2) is 25.7 Å². The smallest absolute Gasteiger partial charge is 0.326 e. The van der Waals surface area contributed by atoms with Crippen molar-refractivity contribution >= 4 is 16.9 Å². The molecule has 0 atom stereocenters. The van der Waals surface area contributed by atoms with Crippen molar-refractivity contribution < 1.29 is 4.79 Å². The summed E-state index contributed by atoms with van der Waals surface area (Å²) in [7, 11) is 0. The maximum atomic E-state index is 12.3. The monoisotopic (exact) mass is 325 g/mol. The fourth-order valence-electron chi connectivity index (χ4n) is 3.46. The third kappa shape index (κ3) is 2.62. The van der Waals surface area contributed by atoms with Crippen LogP contribution in [0.25, 0.3) is 11.0 Å². The molecule has 1 aliphatic carbocycles. The van der Waals surface area contributed by atoms with Crippen molar-refractivity contribution in [2.45, 2.75) is 38.3 Å². The predicted octanol–water partition coefficient (Wildman–Crippen LogP) is 2.10. The van der Waals surface area contributed by atoms with E-state index in [2.05, 4.69) is 20.5 Å². The van der Waals surface area contributed by atoms with Crippen molar-refractivity contribution in [3.8, 4) is 0 Å². The minimum atomic E-state index is -0.180. The highest BCUT2D eigenvalue weighted by Gasteiger charge is 2.21. The van der Waals surface area contributed by atoms with Gasteiger partial charge in [0, 0.05) is 17.8 Å². The molecule has 3 aromatic rings. The normalized spacial score (nSPS) is 15.2. The van der Waals surface area contributed by atoms with Gasteiger partial charge in [0.1, 0.15) is 0 Å². The van der Waals surface area contributed by atoms with Crippen molar-refractivity contribution in [3.05, 3.63) is 52.2 Å². The Morgan fingerprint density at radius 1 is 1.29 bits per heavy atom. The van der Waals surface area contributed by atoms with Gasteiger partial charge in [-0.15, -0.1) is 0 Å². The minimum Gasteiger partial charge on any atom is -0.346 e. The lowest BCUT2D eigenvalue weighted by Gasteiger charge is -2.11. The molecule has 4 rings (SSSR count). The summed E-state index contributed by atoms with van der Waals surface area (Å²) in [5.74, 6) is -0.180. The molecule has 1 aromatic carbocycles. The Morgan fingerprint density at radius 2 is 2.12 bits per heavy atom. The third-order valence-electron chi connectivity index (χ3n) is 4.67. The van der Waals surface area contributed by atoms with Gasteiger partial charge >= 0.3 is 5.69 Å². The number of H-pyrrole nitrogens is 2. The van der Waals surface area contributed by atoms with Gasteiger partial charge in [-0.3, -0.25) is 14.5 Å². The molecular weight excluding hydrogens is 306 g/mol. The second kappa shape index (κ2) is 5.99. The van der Waals surface area contributed by atoms with Crippen molar-refractivity contribution in [2.75, 3.05) is 0 Å². The van der Waals surface area contributed by atoms with Crippen LogP contribution in [0.5, 0.6) is 0 Å². The van der Waals surface area contributed by atoms with Crippen molar-refractivity contribution in [2.24, 2.45) is 0 Å². The first-order chi connectivity index (χ1) is 11.7. The van der Waals surface area contributed by atoms with Gasteiger partial charge in [-0.05, 0) is 37.1 Å². The molecule has 0 radical (unpaired) electrons. The highest BCUT2D eigenvalue weighted by molar-refractivity contribution is 5.97. The largest absolute Gasteiger partial charge is 0.346 e. The zero-order chi connectivity index (χ0) is 16.5. The molecule has 2 heterocycles. The summed E-state index contributed by atoms with van der Waals surface area (Å²) in [4.78, 5) is 27.5. The number of carbonyl (C=O) groups excluding carboxylic acids is 1. The number of amides is 1. The molecule has 0 saturated heterocycles. The zero-order valence-electron chi connectivity index (χ0n) is 13.2. The third-order valence-corrected chi connectivity index (χ3v) is 4.67. The summed E-state index contributed by atoms with van der Waals surface area (Å²) in [6.07, 6.45) is 6.05. The van der Waals surface area contributed by atoms with Crippen LogP contribution in [0.4, 0.5) is 0 Å². The van der Waals surface area contributed by atoms with Crippen molar-refractivity contribution in [1.82, 2.24) is 25.1 Å². The van der Waals surface area contributed by atoms with Crippen LogP contribution < -0.4 is 11.0 Å². The zero-order valence-corrected chi connectivity index (χ0v) is 13.2. The SMILES string of the molecule is O=C(NCc1ccn[nH]1)c1ccc2c(c1)[nH]c(=O)n2C1CCCC1. The maximum Gasteiger partial charge on any atom is 0.326 e. The molecule has 1 saturated carbocycles. The number of hydrogen-bond donors (Lipinski definition) is 3. The Kier molecular flexibility index (Phi) is 3.68. The molecule has 124 valence electrons. The number of hydrogen-bond acceptors (Lipinski definition) is 3. The van der Waals surface area contributed by atoms with Gasteiger partial charge in [0.2, 0.25) is 0 Å². The summed E-state index contributed by atoms with van der Waals surface area (Å²) in [6, 6.07) is 7.44. The van der Waals surface area contributed by atoms with E-state index in [1.54, 1.807) is 18.3 Å². The molecule has 1 fully saturated rings. The molecule has 1 aliphatic rings. The van der Waals surface area contributed by atoms with E-state index in [9.17, 15) is 9.59 Å². The van der Waals surface area contributed by atoms with Gasteiger partial charge < -0.3 is 10.3 Å². The van der Waals surface area contributed by atoms with Crippen molar-refractivity contribution in [3.63, 3.8) is 0 Å². The predicted molar refractivity (Wildman–Crippen MR) is 89.8 cm³/mol. The Labute approximate surface area is 138 Å². The van der Waals surface area contributed by atoms with E-state index in [4.69, 9.17) is 0 Å². The highest BCUT2D eigenvalue weighted by atomic mass is 16.2. The quantitative estimate of drug-likeness (QED) is 0.685. The topological polar surface area (TPSA) is 95.6 Å². The lowest BCUT2D eigenvalue weighted by Crippen LogP contribution is -2.23. The average Bonchev–Trinajstić information content (AvgIpc) is 3.31. The first-order valence-corrected chi connectivity index (χ1v) is 8.23. The molecule has 7 heteroatoms. The number of aromatic nitrogens is 4. The van der Waals surface area contributed by atoms with Gasteiger partial charge in [-0.2, -0.15) is 5.10 Å². The van der Waals surface area contributed by atoms with E-state index in [0.29, 0.717) is 17.6 Å². The molecule has 2 aromatic heterocycles. The van der Waals surface area contributed by atoms with Gasteiger partial charge in [-0.1, -0.05) is 12.8 Å². The fourth-order valence-corrected chi connectivity index (χ4v) is 3.46. The Morgan fingerprint density at radius 3 is 2.88 bits per heavy atom. The first-order valence-electron chi connectivity index (χ1n) is 8.23. The summed E-state index contributed by atoms with van der Waals surface area (Å²) in [6.45, 7) is 0.385. The van der Waals surface area contributed by atoms with Gasteiger partial charge in [0.25, 0.3) is 5.91 Å². The van der Waals surface area contributed by atoms with Crippen LogP contribution >= 0.6 is 0 Å². The number of carbonyl (C=O) groups is 1. The molecule has 0 bridgehead atoms. The first kappa shape index (κ1) is 14.7. The molecule has 0 spiro atoms. The minimum absolute atomic E-state index is 0.0908. The molecule has 0 unspecified atom stereocenters. The lowest BCUT2D eigenvalue weighted by atomic mass is 10.1. The number of rotatable bonds is 4. The van der Waals surface area contributed by atoms with E-state index >= 15 is 0 Å². The summed E-state index contributed by atoms with van der Waals surface area (Å²) in [5, 5.41) is 9.48. The van der Waals surface area contributed by atoms with Crippen LogP contribution in [0.1, 0.15) is 47.8 Å². The van der Waals surface area contributed by atoms with E-state index in [1.165, 1.54) is 0 Å². The number of benzene rings is 1. The molecule has 1 amide bonds. The van der Waals surface area contributed by atoms with E-state index < -0.39 is 0 Å². The molecule has 24 heavy (non-hydrogen) atoms. The lowest BCUT2D eigenvalue weighted by molar-refractivity contribution is 0.0950. The molecule has 3 N–H and O–H groups in total. The van der Waals surface area contributed by atoms with Crippen molar-refractivity contribution in [1.29, 1.82) is 0 Å². The van der Waals surface area contributed by atoms with Crippen LogP contribution in [0.2, 0.25) is 0 Å². The van der Waals surface area contributed by atoms with Gasteiger partial charge in [0.05, 0.1) is 23.3 Å². The number of aromatic amines is 2. The molecule has 7 nitrogen and oxygen atoms in total. The van der Waals surface area contributed by atoms with Crippen LogP contribution in [-0.2, 0) is 6.54 Å². The van der Waals surface area contributed by atoms with Gasteiger partial charge in [-0.25, -0.2) is 4.79 Å². The second-order valence-electron chi connectivity index (χ2n) is 6.23. The Bertz CT molecular complexity index is 916. The van der Waals surface area contributed by atoms with E-state index in [0.717, 1.165) is 36.9 Å². The number of fused-ring (bicyclic) bond motifs is 1. The molecule has 0 aliphatic heterocycles. The summed E-state index contributed by atoms with van der Waals surface area (Å²) < 4.78 is 1.84. The molecular formula is C17H19N5O2. The average molecular weight is 325 g/mol. The summed E-state index contributed by atoms with van der Waals surface area (Å²) >= 11 is 0. The van der Waals surface area contributed by atoms with Crippen LogP contribution in [0, 0.1) is 0 Å². The number of imidazole rings is 1. The van der Waals surface area contributed by atoms with E-state index in [-0.39, 0.29) is 17.6 Å². The Hall–Kier alpha value is -2.83.